The van der Waals surface area contributed by atoms with E-state index in [2.05, 4.69) is 0 Å². The highest BCUT2D eigenvalue weighted by Crippen LogP contribution is 2.33. The average Bonchev–Trinajstić information content (AvgIpc) is 2.67. The number of hydrogen-bond donors (Lipinski definition) is 1. The van der Waals surface area contributed by atoms with E-state index in [1.54, 1.807) is 11.0 Å². The summed E-state index contributed by atoms with van der Waals surface area (Å²) in [5, 5.41) is 8.81. The molecule has 2 rings (SSSR count). The van der Waals surface area contributed by atoms with E-state index in [4.69, 9.17) is 28.3 Å². The van der Waals surface area contributed by atoms with Gasteiger partial charge in [0.2, 0.25) is 0 Å². The predicted molar refractivity (Wildman–Crippen MR) is 75.2 cm³/mol. The minimum Gasteiger partial charge on any atom is -0.481 e. The molecule has 1 saturated heterocycles. The van der Waals surface area contributed by atoms with Gasteiger partial charge in [-0.05, 0) is 24.8 Å². The van der Waals surface area contributed by atoms with Gasteiger partial charge in [-0.25, -0.2) is 0 Å². The van der Waals surface area contributed by atoms with Gasteiger partial charge in [-0.3, -0.25) is 9.59 Å². The Morgan fingerprint density at radius 3 is 2.79 bits per heavy atom. The smallest absolute Gasteiger partial charge is 0.303 e. The first-order valence-electron chi connectivity index (χ1n) is 5.93. The van der Waals surface area contributed by atoms with Gasteiger partial charge in [-0.15, -0.1) is 11.3 Å². The van der Waals surface area contributed by atoms with E-state index in [9.17, 15) is 9.59 Å². The summed E-state index contributed by atoms with van der Waals surface area (Å²) in [4.78, 5) is 24.7. The maximum atomic E-state index is 12.3. The molecule has 19 heavy (non-hydrogen) atoms. The van der Waals surface area contributed by atoms with Crippen LogP contribution in [0.2, 0.25) is 8.67 Å². The summed E-state index contributed by atoms with van der Waals surface area (Å²) in [5.41, 5.74) is 0.410. The molecule has 1 atom stereocenters. The predicted octanol–water partition coefficient (Wildman–Crippen LogP) is 3.38. The van der Waals surface area contributed by atoms with E-state index < -0.39 is 5.97 Å². The first-order chi connectivity index (χ1) is 8.97. The molecule has 1 aliphatic heterocycles. The average molecular weight is 322 g/mol. The number of amides is 1. The summed E-state index contributed by atoms with van der Waals surface area (Å²) in [5.74, 6) is -0.970. The fourth-order valence-corrected chi connectivity index (χ4v) is 3.77. The molecule has 0 radical (unpaired) electrons. The first-order valence-corrected chi connectivity index (χ1v) is 7.50. The Bertz CT molecular complexity index is 503. The van der Waals surface area contributed by atoms with Crippen LogP contribution in [0.15, 0.2) is 6.07 Å². The molecule has 0 aromatic carbocycles. The van der Waals surface area contributed by atoms with Gasteiger partial charge in [-0.2, -0.15) is 0 Å². The summed E-state index contributed by atoms with van der Waals surface area (Å²) in [6.45, 7) is 1.10. The monoisotopic (exact) mass is 321 g/mol. The number of carbonyl (C=O) groups is 2. The fourth-order valence-electron chi connectivity index (χ4n) is 2.32. The molecule has 0 saturated carbocycles. The van der Waals surface area contributed by atoms with Crippen LogP contribution in [-0.4, -0.2) is 35.0 Å². The Labute approximate surface area is 124 Å². The number of halogens is 2. The number of aliphatic carboxylic acids is 1. The molecule has 104 valence electrons. The molecule has 0 bridgehead atoms. The number of piperidine rings is 1. The van der Waals surface area contributed by atoms with Gasteiger partial charge in [0.15, 0.2) is 0 Å². The van der Waals surface area contributed by atoms with Crippen LogP contribution in [0.25, 0.3) is 0 Å². The zero-order chi connectivity index (χ0) is 14.0. The summed E-state index contributed by atoms with van der Waals surface area (Å²) >= 11 is 13.0. The number of hydrogen-bond acceptors (Lipinski definition) is 3. The molecule has 0 spiro atoms. The Morgan fingerprint density at radius 1 is 1.47 bits per heavy atom. The molecule has 1 aliphatic rings. The van der Waals surface area contributed by atoms with E-state index in [1.165, 1.54) is 0 Å². The Hall–Kier alpha value is -0.780. The molecule has 1 aromatic rings. The molecular weight excluding hydrogens is 309 g/mol. The van der Waals surface area contributed by atoms with Crippen molar-refractivity contribution in [1.82, 2.24) is 4.90 Å². The maximum Gasteiger partial charge on any atom is 0.303 e. The van der Waals surface area contributed by atoms with Crippen LogP contribution in [0.4, 0.5) is 0 Å². The lowest BCUT2D eigenvalue weighted by Gasteiger charge is -2.32. The van der Waals surface area contributed by atoms with E-state index in [0.29, 0.717) is 27.3 Å². The van der Waals surface area contributed by atoms with Gasteiger partial charge in [0.1, 0.15) is 4.34 Å². The third-order valence-corrected chi connectivity index (χ3v) is 4.64. The van der Waals surface area contributed by atoms with Crippen LogP contribution in [0.1, 0.15) is 29.6 Å². The molecule has 1 fully saturated rings. The molecule has 2 heterocycles. The molecule has 0 aliphatic carbocycles. The topological polar surface area (TPSA) is 57.6 Å². The lowest BCUT2D eigenvalue weighted by atomic mass is 9.94. The van der Waals surface area contributed by atoms with Crippen LogP contribution in [0.3, 0.4) is 0 Å². The van der Waals surface area contributed by atoms with Crippen molar-refractivity contribution in [3.8, 4) is 0 Å². The largest absolute Gasteiger partial charge is 0.481 e. The summed E-state index contributed by atoms with van der Waals surface area (Å²) in [6.07, 6.45) is 1.76. The van der Waals surface area contributed by atoms with Gasteiger partial charge in [0.05, 0.1) is 9.90 Å². The third-order valence-electron chi connectivity index (χ3n) is 3.16. The Morgan fingerprint density at radius 2 is 2.21 bits per heavy atom. The van der Waals surface area contributed by atoms with Crippen molar-refractivity contribution in [2.24, 2.45) is 5.92 Å². The van der Waals surface area contributed by atoms with Crippen LogP contribution >= 0.6 is 34.5 Å². The highest BCUT2D eigenvalue weighted by molar-refractivity contribution is 7.20. The van der Waals surface area contributed by atoms with Crippen LogP contribution in [0, 0.1) is 5.92 Å². The van der Waals surface area contributed by atoms with Crippen molar-refractivity contribution < 1.29 is 14.7 Å². The van der Waals surface area contributed by atoms with Crippen molar-refractivity contribution in [2.75, 3.05) is 13.1 Å². The normalized spacial score (nSPS) is 19.5. The van der Waals surface area contributed by atoms with Crippen molar-refractivity contribution >= 4 is 46.4 Å². The van der Waals surface area contributed by atoms with E-state index >= 15 is 0 Å². The minimum absolute atomic E-state index is 0.0167. The van der Waals surface area contributed by atoms with Crippen molar-refractivity contribution in [3.05, 3.63) is 20.3 Å². The zero-order valence-electron chi connectivity index (χ0n) is 10.1. The minimum atomic E-state index is -0.823. The van der Waals surface area contributed by atoms with E-state index in [0.717, 1.165) is 24.2 Å². The van der Waals surface area contributed by atoms with Crippen LogP contribution < -0.4 is 0 Å². The van der Waals surface area contributed by atoms with Gasteiger partial charge < -0.3 is 10.0 Å². The first kappa shape index (κ1) is 14.6. The third kappa shape index (κ3) is 3.61. The molecule has 1 amide bonds. The molecular formula is C12H13Cl2NO3S. The second-order valence-corrected chi connectivity index (χ2v) is 6.88. The van der Waals surface area contributed by atoms with Crippen LogP contribution in [-0.2, 0) is 4.79 Å². The lowest BCUT2D eigenvalue weighted by molar-refractivity contribution is -0.138. The number of thiophene rings is 1. The molecule has 1 N–H and O–H groups in total. The molecule has 7 heteroatoms. The number of nitrogens with zero attached hydrogens (tertiary/aromatic N) is 1. The molecule has 4 nitrogen and oxygen atoms in total. The Kier molecular flexibility index (Phi) is 4.71. The van der Waals surface area contributed by atoms with Crippen LogP contribution in [0.5, 0.6) is 0 Å². The second kappa shape index (κ2) is 6.11. The lowest BCUT2D eigenvalue weighted by Crippen LogP contribution is -2.40. The number of rotatable bonds is 3. The van der Waals surface area contributed by atoms with Crippen molar-refractivity contribution in [2.45, 2.75) is 19.3 Å². The van der Waals surface area contributed by atoms with Crippen molar-refractivity contribution in [3.63, 3.8) is 0 Å². The number of carboxylic acid groups (broad SMARTS) is 1. The van der Waals surface area contributed by atoms with Gasteiger partial charge in [0.25, 0.3) is 5.91 Å². The fraction of sp³-hybridized carbons (Fsp3) is 0.500. The van der Waals surface area contributed by atoms with E-state index in [1.807, 2.05) is 0 Å². The van der Waals surface area contributed by atoms with Gasteiger partial charge in [0, 0.05) is 19.5 Å². The number of likely N-dealkylation sites (tertiary alicyclic amines) is 1. The van der Waals surface area contributed by atoms with Gasteiger partial charge in [-0.1, -0.05) is 23.2 Å². The molecule has 1 unspecified atom stereocenters. The summed E-state index contributed by atoms with van der Waals surface area (Å²) in [6, 6.07) is 1.57. The standard InChI is InChI=1S/C12H13Cl2NO3S/c13-9-5-8(11(14)19-9)12(18)15-3-1-2-7(6-15)4-10(16)17/h5,7H,1-4,6H2,(H,16,17). The quantitative estimate of drug-likeness (QED) is 0.928. The summed E-state index contributed by atoms with van der Waals surface area (Å²) < 4.78 is 0.864. The zero-order valence-corrected chi connectivity index (χ0v) is 12.4. The van der Waals surface area contributed by atoms with E-state index in [-0.39, 0.29) is 18.2 Å². The highest BCUT2D eigenvalue weighted by Gasteiger charge is 2.27. The number of carbonyl (C=O) groups excluding carboxylic acids is 1. The molecule has 1 aromatic heterocycles. The Balaban J connectivity index is 2.07. The number of carboxylic acids is 1. The van der Waals surface area contributed by atoms with Gasteiger partial charge >= 0.3 is 5.97 Å². The second-order valence-electron chi connectivity index (χ2n) is 4.60. The maximum absolute atomic E-state index is 12.3. The highest BCUT2D eigenvalue weighted by atomic mass is 35.5. The SMILES string of the molecule is O=C(O)CC1CCCN(C(=O)c2cc(Cl)sc2Cl)C1. The summed E-state index contributed by atoms with van der Waals surface area (Å²) in [7, 11) is 0. The van der Waals surface area contributed by atoms with Crippen molar-refractivity contribution in [1.29, 1.82) is 0 Å².